The van der Waals surface area contributed by atoms with Crippen molar-refractivity contribution in [3.05, 3.63) is 29.3 Å². The van der Waals surface area contributed by atoms with Gasteiger partial charge in [-0.3, -0.25) is 4.79 Å². The van der Waals surface area contributed by atoms with Crippen molar-refractivity contribution in [1.82, 2.24) is 4.90 Å². The zero-order valence-corrected chi connectivity index (χ0v) is 9.69. The molecule has 84 valence electrons. The molecule has 1 amide bonds. The predicted octanol–water partition coefficient (Wildman–Crippen LogP) is 0.230. The Morgan fingerprint density at radius 2 is 1.94 bits per heavy atom. The fourth-order valence-electron chi connectivity index (χ4n) is 1.16. The van der Waals surface area contributed by atoms with Crippen molar-refractivity contribution in [2.45, 2.75) is 4.90 Å². The van der Waals surface area contributed by atoms with E-state index >= 15 is 0 Å². The zero-order chi connectivity index (χ0) is 12.3. The van der Waals surface area contributed by atoms with Gasteiger partial charge in [-0.05, 0) is 18.2 Å². The molecule has 0 saturated heterocycles. The molecule has 0 atom stereocenters. The van der Waals surface area contributed by atoms with Crippen LogP contribution in [0.1, 0.15) is 15.9 Å². The van der Waals surface area contributed by atoms with Crippen molar-refractivity contribution in [1.29, 1.82) is 5.26 Å². The van der Waals surface area contributed by atoms with Crippen LogP contribution in [0, 0.1) is 11.3 Å². The van der Waals surface area contributed by atoms with Gasteiger partial charge in [-0.25, -0.2) is 8.42 Å². The number of nitrogens with zero attached hydrogens (tertiary/aromatic N) is 2. The van der Waals surface area contributed by atoms with Gasteiger partial charge in [-0.15, -0.1) is 0 Å². The van der Waals surface area contributed by atoms with Crippen LogP contribution in [0.5, 0.6) is 0 Å². The number of carbonyl (C=O) groups is 1. The first-order chi connectivity index (χ1) is 7.45. The van der Waals surface area contributed by atoms with Gasteiger partial charge in [0.05, 0.1) is 16.5 Å². The molecule has 0 heterocycles. The van der Waals surface area contributed by atoms with E-state index in [1.54, 1.807) is 14.1 Å². The summed E-state index contributed by atoms with van der Waals surface area (Å²) in [6.45, 7) is 0. The Kier molecular flexibility index (Phi) is 3.64. The van der Waals surface area contributed by atoms with Crippen molar-refractivity contribution in [2.24, 2.45) is 0 Å². The molecule has 0 saturated carbocycles. The van der Waals surface area contributed by atoms with E-state index in [2.05, 4.69) is 0 Å². The molecule has 0 N–H and O–H groups in total. The molecule has 0 aliphatic rings. The van der Waals surface area contributed by atoms with Crippen molar-refractivity contribution < 1.29 is 13.2 Å². The third-order valence-electron chi connectivity index (χ3n) is 1.91. The minimum atomic E-state index is -2.80. The molecule has 0 aromatic heterocycles. The molecule has 1 aromatic carbocycles. The lowest BCUT2D eigenvalue weighted by atomic mass is 10.1. The fourth-order valence-corrected chi connectivity index (χ4v) is 1.65. The average Bonchev–Trinajstić information content (AvgIpc) is 2.27. The van der Waals surface area contributed by atoms with Crippen LogP contribution in [0.3, 0.4) is 0 Å². The van der Waals surface area contributed by atoms with E-state index in [0.717, 1.165) is 0 Å². The van der Waals surface area contributed by atoms with Crippen LogP contribution >= 0.6 is 0 Å². The molecule has 16 heavy (non-hydrogen) atoms. The lowest BCUT2D eigenvalue weighted by Crippen LogP contribution is -2.21. The first-order valence-electron chi connectivity index (χ1n) is 4.37. The molecule has 0 spiro atoms. The largest absolute Gasteiger partial charge is 0.345 e. The summed E-state index contributed by atoms with van der Waals surface area (Å²) >= 11 is 0. The highest BCUT2D eigenvalue weighted by Gasteiger charge is 2.11. The van der Waals surface area contributed by atoms with Crippen LogP contribution in [0.4, 0.5) is 0 Å². The molecule has 0 fully saturated rings. The number of benzene rings is 1. The molecule has 0 bridgehead atoms. The van der Waals surface area contributed by atoms with Gasteiger partial charge in [0.15, 0.2) is 10.7 Å². The van der Waals surface area contributed by atoms with E-state index in [9.17, 15) is 13.2 Å². The summed E-state index contributed by atoms with van der Waals surface area (Å²) < 4.78 is 21.6. The maximum Gasteiger partial charge on any atom is 0.253 e. The number of thiol groups is 1. The van der Waals surface area contributed by atoms with Gasteiger partial charge in [0.1, 0.15) is 0 Å². The maximum absolute atomic E-state index is 11.6. The standard InChI is InChI=1S/C10H10N2O3S/c1-12(2)10(13)8-3-7(6-11)4-9(5-8)16(14)15/h3-5,16H,1-2H3. The van der Waals surface area contributed by atoms with Crippen LogP contribution in [0.25, 0.3) is 0 Å². The molecular formula is C10H10N2O3S. The van der Waals surface area contributed by atoms with E-state index in [4.69, 9.17) is 5.26 Å². The lowest BCUT2D eigenvalue weighted by Gasteiger charge is -2.10. The summed E-state index contributed by atoms with van der Waals surface area (Å²) in [4.78, 5) is 12.9. The average molecular weight is 238 g/mol. The lowest BCUT2D eigenvalue weighted by molar-refractivity contribution is 0.0827. The first kappa shape index (κ1) is 12.2. The molecule has 0 radical (unpaired) electrons. The Labute approximate surface area is 94.9 Å². The van der Waals surface area contributed by atoms with Crippen molar-refractivity contribution >= 4 is 16.6 Å². The Bertz CT molecular complexity index is 533. The summed E-state index contributed by atoms with van der Waals surface area (Å²) in [5.74, 6) is -0.338. The maximum atomic E-state index is 11.6. The predicted molar refractivity (Wildman–Crippen MR) is 57.8 cm³/mol. The molecule has 1 aromatic rings. The summed E-state index contributed by atoms with van der Waals surface area (Å²) in [6, 6.07) is 5.68. The Balaban J connectivity index is 3.37. The van der Waals surface area contributed by atoms with E-state index in [-0.39, 0.29) is 21.9 Å². The van der Waals surface area contributed by atoms with Gasteiger partial charge in [-0.2, -0.15) is 5.26 Å². The number of hydrogen-bond acceptors (Lipinski definition) is 4. The van der Waals surface area contributed by atoms with Crippen molar-refractivity contribution in [3.8, 4) is 6.07 Å². The second kappa shape index (κ2) is 4.77. The molecular weight excluding hydrogens is 228 g/mol. The zero-order valence-electron chi connectivity index (χ0n) is 8.80. The highest BCUT2D eigenvalue weighted by atomic mass is 32.2. The van der Waals surface area contributed by atoms with Crippen LogP contribution in [-0.2, 0) is 10.7 Å². The van der Waals surface area contributed by atoms with E-state index in [1.165, 1.54) is 23.1 Å². The SMILES string of the molecule is CN(C)C(=O)c1cc(C#N)cc([SH](=O)=O)c1. The number of amides is 1. The normalized spacial score (nSPS) is 9.88. The van der Waals surface area contributed by atoms with Crippen LogP contribution in [0.2, 0.25) is 0 Å². The van der Waals surface area contributed by atoms with Crippen molar-refractivity contribution in [3.63, 3.8) is 0 Å². The van der Waals surface area contributed by atoms with E-state index in [0.29, 0.717) is 0 Å². The molecule has 6 heteroatoms. The summed E-state index contributed by atoms with van der Waals surface area (Å²) in [7, 11) is 0.308. The molecule has 1 rings (SSSR count). The van der Waals surface area contributed by atoms with E-state index < -0.39 is 10.7 Å². The van der Waals surface area contributed by atoms with E-state index in [1.807, 2.05) is 6.07 Å². The highest BCUT2D eigenvalue weighted by Crippen LogP contribution is 2.12. The summed E-state index contributed by atoms with van der Waals surface area (Å²) in [5, 5.41) is 8.72. The molecule has 5 nitrogen and oxygen atoms in total. The van der Waals surface area contributed by atoms with Gasteiger partial charge in [0.2, 0.25) is 0 Å². The fraction of sp³-hybridized carbons (Fsp3) is 0.200. The van der Waals surface area contributed by atoms with Gasteiger partial charge in [0.25, 0.3) is 5.91 Å². The third-order valence-corrected chi connectivity index (χ3v) is 2.59. The molecule has 0 aliphatic heterocycles. The second-order valence-corrected chi connectivity index (χ2v) is 4.37. The van der Waals surface area contributed by atoms with Gasteiger partial charge < -0.3 is 4.90 Å². The van der Waals surface area contributed by atoms with Crippen LogP contribution in [-0.4, -0.2) is 33.3 Å². The smallest absolute Gasteiger partial charge is 0.253 e. The molecule has 0 aliphatic carbocycles. The Morgan fingerprint density at radius 3 is 2.38 bits per heavy atom. The summed E-state index contributed by atoms with van der Waals surface area (Å²) in [6.07, 6.45) is 0. The Morgan fingerprint density at radius 1 is 1.31 bits per heavy atom. The number of hydrogen-bond donors (Lipinski definition) is 1. The highest BCUT2D eigenvalue weighted by molar-refractivity contribution is 7.72. The van der Waals surface area contributed by atoms with Crippen LogP contribution < -0.4 is 0 Å². The third kappa shape index (κ3) is 2.58. The van der Waals surface area contributed by atoms with Crippen LogP contribution in [0.15, 0.2) is 23.1 Å². The number of rotatable bonds is 2. The topological polar surface area (TPSA) is 78.2 Å². The number of nitriles is 1. The Hall–Kier alpha value is -1.87. The minimum Gasteiger partial charge on any atom is -0.345 e. The monoisotopic (exact) mass is 238 g/mol. The minimum absolute atomic E-state index is 0.0285. The van der Waals surface area contributed by atoms with Gasteiger partial charge in [0, 0.05) is 19.7 Å². The molecule has 0 unspecified atom stereocenters. The quantitative estimate of drug-likeness (QED) is 0.748. The summed E-state index contributed by atoms with van der Waals surface area (Å²) in [5.41, 5.74) is 0.347. The first-order valence-corrected chi connectivity index (χ1v) is 5.54. The van der Waals surface area contributed by atoms with Gasteiger partial charge >= 0.3 is 0 Å². The van der Waals surface area contributed by atoms with Crippen molar-refractivity contribution in [2.75, 3.05) is 14.1 Å². The second-order valence-electron chi connectivity index (χ2n) is 3.34. The van der Waals surface area contributed by atoms with Gasteiger partial charge in [-0.1, -0.05) is 0 Å². The number of carbonyl (C=O) groups excluding carboxylic acids is 1.